The number of pyridine rings is 1. The van der Waals surface area contributed by atoms with Gasteiger partial charge in [0.15, 0.2) is 0 Å². The third kappa shape index (κ3) is 1.69. The van der Waals surface area contributed by atoms with E-state index in [1.165, 1.54) is 0 Å². The van der Waals surface area contributed by atoms with E-state index in [9.17, 15) is 0 Å². The predicted octanol–water partition coefficient (Wildman–Crippen LogP) is 3.29. The average molecular weight is 292 g/mol. The quantitative estimate of drug-likeness (QED) is 0.846. The number of halogens is 2. The van der Waals surface area contributed by atoms with Crippen LogP contribution in [0.15, 0.2) is 21.9 Å². The van der Waals surface area contributed by atoms with Gasteiger partial charge in [0, 0.05) is 23.3 Å². The molecule has 1 aromatic rings. The van der Waals surface area contributed by atoms with Gasteiger partial charge in [0.25, 0.3) is 0 Å². The van der Waals surface area contributed by atoms with Crippen LogP contribution in [0, 0.1) is 0 Å². The molecule has 1 N–H and O–H groups in total. The van der Waals surface area contributed by atoms with Crippen LogP contribution in [0.25, 0.3) is 6.08 Å². The fourth-order valence-electron chi connectivity index (χ4n) is 0.915. The largest absolute Gasteiger partial charge is 0.385 e. The number of rotatable bonds is 2. The van der Waals surface area contributed by atoms with E-state index < -0.39 is 0 Å². The van der Waals surface area contributed by atoms with Gasteiger partial charge in [0.1, 0.15) is 4.60 Å². The lowest BCUT2D eigenvalue weighted by Gasteiger charge is -2.08. The van der Waals surface area contributed by atoms with Crippen LogP contribution < -0.4 is 5.32 Å². The third-order valence-corrected chi connectivity index (χ3v) is 2.71. The molecule has 0 atom stereocenters. The molecule has 0 aliphatic rings. The monoisotopic (exact) mass is 290 g/mol. The van der Waals surface area contributed by atoms with Crippen molar-refractivity contribution in [3.05, 3.63) is 27.4 Å². The molecular weight excluding hydrogens is 284 g/mol. The maximum atomic E-state index is 4.12. The van der Waals surface area contributed by atoms with E-state index in [1.807, 2.05) is 7.05 Å². The van der Waals surface area contributed by atoms with Crippen LogP contribution in [0.1, 0.15) is 5.56 Å². The molecule has 0 fully saturated rings. The second kappa shape index (κ2) is 4.05. The molecule has 1 aromatic heterocycles. The molecule has 1 heterocycles. The number of hydrogen-bond acceptors (Lipinski definition) is 2. The molecule has 0 aromatic carbocycles. The minimum atomic E-state index is 0.795. The number of aromatic nitrogens is 1. The zero-order chi connectivity index (χ0) is 9.14. The molecule has 0 amide bonds. The van der Waals surface area contributed by atoms with Crippen molar-refractivity contribution >= 4 is 43.6 Å². The van der Waals surface area contributed by atoms with Crippen LogP contribution in [0.5, 0.6) is 0 Å². The predicted molar refractivity (Wildman–Crippen MR) is 59.3 cm³/mol. The minimum Gasteiger partial charge on any atom is -0.385 e. The van der Waals surface area contributed by atoms with Gasteiger partial charge in [0.05, 0.1) is 5.69 Å². The first kappa shape index (κ1) is 9.74. The van der Waals surface area contributed by atoms with Crippen molar-refractivity contribution in [2.45, 2.75) is 0 Å². The van der Waals surface area contributed by atoms with Crippen molar-refractivity contribution in [2.75, 3.05) is 12.4 Å². The summed E-state index contributed by atoms with van der Waals surface area (Å²) in [6.07, 6.45) is 3.52. The van der Waals surface area contributed by atoms with Gasteiger partial charge in [-0.3, -0.25) is 0 Å². The van der Waals surface area contributed by atoms with E-state index in [0.717, 1.165) is 20.3 Å². The Bertz CT molecular complexity index is 310. The van der Waals surface area contributed by atoms with Crippen molar-refractivity contribution in [1.29, 1.82) is 0 Å². The number of nitrogens with zero attached hydrogens (tertiary/aromatic N) is 1. The Hall–Kier alpha value is -0.350. The fourth-order valence-corrected chi connectivity index (χ4v) is 1.89. The molecule has 1 rings (SSSR count). The number of hydrogen-bond donors (Lipinski definition) is 1. The first-order chi connectivity index (χ1) is 5.70. The molecular formula is C8H8Br2N2. The highest BCUT2D eigenvalue weighted by molar-refractivity contribution is 9.11. The van der Waals surface area contributed by atoms with Crippen LogP contribution in [0.3, 0.4) is 0 Å². The van der Waals surface area contributed by atoms with Crippen LogP contribution in [0.2, 0.25) is 0 Å². The van der Waals surface area contributed by atoms with E-state index in [-0.39, 0.29) is 0 Å². The fraction of sp³-hybridized carbons (Fsp3) is 0.125. The number of anilines is 1. The summed E-state index contributed by atoms with van der Waals surface area (Å²) in [5.41, 5.74) is 1.96. The average Bonchev–Trinajstić information content (AvgIpc) is 2.08. The molecule has 2 nitrogen and oxygen atoms in total. The Morgan fingerprint density at radius 2 is 2.25 bits per heavy atom. The Kier molecular flexibility index (Phi) is 3.29. The van der Waals surface area contributed by atoms with Crippen LogP contribution in [0.4, 0.5) is 5.69 Å². The van der Waals surface area contributed by atoms with Crippen molar-refractivity contribution < 1.29 is 0 Å². The molecule has 0 radical (unpaired) electrons. The van der Waals surface area contributed by atoms with E-state index in [1.54, 1.807) is 12.3 Å². The van der Waals surface area contributed by atoms with E-state index in [0.29, 0.717) is 0 Å². The lowest BCUT2D eigenvalue weighted by atomic mass is 10.2. The van der Waals surface area contributed by atoms with Gasteiger partial charge >= 0.3 is 0 Å². The first-order valence-electron chi connectivity index (χ1n) is 3.35. The maximum absolute atomic E-state index is 4.12. The lowest BCUT2D eigenvalue weighted by Crippen LogP contribution is -1.95. The molecule has 0 unspecified atom stereocenters. The van der Waals surface area contributed by atoms with E-state index in [4.69, 9.17) is 0 Å². The topological polar surface area (TPSA) is 24.9 Å². The Morgan fingerprint density at radius 1 is 1.58 bits per heavy atom. The molecule has 0 bridgehead atoms. The van der Waals surface area contributed by atoms with Gasteiger partial charge in [-0.05, 0) is 31.9 Å². The molecule has 4 heteroatoms. The molecule has 0 saturated carbocycles. The normalized spacial score (nSPS) is 9.58. The minimum absolute atomic E-state index is 0.795. The SMILES string of the molecule is C=Cc1c(Br)cnc(Br)c1NC. The zero-order valence-electron chi connectivity index (χ0n) is 6.56. The summed E-state index contributed by atoms with van der Waals surface area (Å²) >= 11 is 6.73. The van der Waals surface area contributed by atoms with Gasteiger partial charge in [-0.15, -0.1) is 0 Å². The highest BCUT2D eigenvalue weighted by Crippen LogP contribution is 2.30. The molecule has 64 valence electrons. The van der Waals surface area contributed by atoms with Crippen molar-refractivity contribution in [3.63, 3.8) is 0 Å². The summed E-state index contributed by atoms with van der Waals surface area (Å²) in [6, 6.07) is 0. The van der Waals surface area contributed by atoms with Crippen LogP contribution in [-0.4, -0.2) is 12.0 Å². The highest BCUT2D eigenvalue weighted by Gasteiger charge is 2.06. The van der Waals surface area contributed by atoms with Gasteiger partial charge in [-0.1, -0.05) is 12.7 Å². The number of nitrogens with one attached hydrogen (secondary N) is 1. The van der Waals surface area contributed by atoms with Crippen molar-refractivity contribution in [1.82, 2.24) is 4.98 Å². The summed E-state index contributed by atoms with van der Waals surface area (Å²) in [5, 5.41) is 3.04. The second-order valence-electron chi connectivity index (χ2n) is 2.14. The maximum Gasteiger partial charge on any atom is 0.129 e. The summed E-state index contributed by atoms with van der Waals surface area (Å²) in [6.45, 7) is 3.72. The van der Waals surface area contributed by atoms with Gasteiger partial charge in [-0.2, -0.15) is 0 Å². The Balaban J connectivity index is 3.38. The van der Waals surface area contributed by atoms with Crippen LogP contribution >= 0.6 is 31.9 Å². The smallest absolute Gasteiger partial charge is 0.129 e. The van der Waals surface area contributed by atoms with Crippen molar-refractivity contribution in [3.8, 4) is 0 Å². The summed E-state index contributed by atoms with van der Waals surface area (Å²) < 4.78 is 1.73. The third-order valence-electron chi connectivity index (χ3n) is 1.48. The summed E-state index contributed by atoms with van der Waals surface area (Å²) in [4.78, 5) is 4.12. The molecule has 0 saturated heterocycles. The molecule has 0 aliphatic carbocycles. The lowest BCUT2D eigenvalue weighted by molar-refractivity contribution is 1.24. The van der Waals surface area contributed by atoms with Crippen LogP contribution in [-0.2, 0) is 0 Å². The van der Waals surface area contributed by atoms with Crippen molar-refractivity contribution in [2.24, 2.45) is 0 Å². The van der Waals surface area contributed by atoms with Gasteiger partial charge < -0.3 is 5.32 Å². The standard InChI is InChI=1S/C8H8Br2N2/c1-3-5-6(9)4-12-8(10)7(5)11-2/h3-4,11H,1H2,2H3. The highest BCUT2D eigenvalue weighted by atomic mass is 79.9. The Labute approximate surface area is 88.3 Å². The zero-order valence-corrected chi connectivity index (χ0v) is 9.74. The Morgan fingerprint density at radius 3 is 2.67 bits per heavy atom. The van der Waals surface area contributed by atoms with E-state index in [2.05, 4.69) is 48.7 Å². The summed E-state index contributed by atoms with van der Waals surface area (Å²) in [5.74, 6) is 0. The molecule has 0 aliphatic heterocycles. The molecule has 12 heavy (non-hydrogen) atoms. The first-order valence-corrected chi connectivity index (χ1v) is 4.93. The van der Waals surface area contributed by atoms with E-state index >= 15 is 0 Å². The summed E-state index contributed by atoms with van der Waals surface area (Å²) in [7, 11) is 1.85. The van der Waals surface area contributed by atoms with Gasteiger partial charge in [-0.25, -0.2) is 4.98 Å². The van der Waals surface area contributed by atoms with Gasteiger partial charge in [0.2, 0.25) is 0 Å². The molecule has 0 spiro atoms. The second-order valence-corrected chi connectivity index (χ2v) is 3.75.